The number of allylic oxidation sites excluding steroid dienone is 3. The second-order valence-electron chi connectivity index (χ2n) is 8.82. The number of ketones is 2. The fourth-order valence-electron chi connectivity index (χ4n) is 6.74. The number of aliphatic hydroxyl groups excluding tert-OH is 1. The maximum Gasteiger partial charge on any atom is 0.184 e. The van der Waals surface area contributed by atoms with Gasteiger partial charge in [0.25, 0.3) is 0 Å². The van der Waals surface area contributed by atoms with Crippen LogP contribution in [0.3, 0.4) is 0 Å². The molecule has 132 valence electrons. The van der Waals surface area contributed by atoms with Crippen molar-refractivity contribution in [1.82, 2.24) is 0 Å². The predicted molar refractivity (Wildman–Crippen MR) is 91.7 cm³/mol. The van der Waals surface area contributed by atoms with Crippen molar-refractivity contribution < 1.29 is 19.4 Å². The number of hydrogen-bond donors (Lipinski definition) is 1. The average Bonchev–Trinajstić information content (AvgIpc) is 3.20. The molecule has 1 saturated heterocycles. The summed E-state index contributed by atoms with van der Waals surface area (Å²) in [6, 6.07) is 0. The zero-order valence-corrected chi connectivity index (χ0v) is 14.7. The number of fused-ring (bicyclic) bond motifs is 3. The van der Waals surface area contributed by atoms with Crippen LogP contribution in [0.25, 0.3) is 0 Å². The minimum atomic E-state index is -0.412. The maximum atomic E-state index is 12.3. The number of rotatable bonds is 2. The first-order valence-corrected chi connectivity index (χ1v) is 9.33. The van der Waals surface area contributed by atoms with Gasteiger partial charge in [-0.25, -0.2) is 0 Å². The summed E-state index contributed by atoms with van der Waals surface area (Å²) in [5, 5.41) is 9.36. The smallest absolute Gasteiger partial charge is 0.184 e. The van der Waals surface area contributed by atoms with Crippen molar-refractivity contribution in [2.24, 2.45) is 22.7 Å². The summed E-state index contributed by atoms with van der Waals surface area (Å²) in [6.45, 7) is 3.99. The second-order valence-corrected chi connectivity index (χ2v) is 8.82. The predicted octanol–water partition coefficient (Wildman–Crippen LogP) is 2.52. The third kappa shape index (κ3) is 1.65. The van der Waals surface area contributed by atoms with Crippen LogP contribution in [0, 0.1) is 22.7 Å². The largest absolute Gasteiger partial charge is 0.388 e. The first kappa shape index (κ1) is 15.7. The molecule has 0 aromatic rings. The fourth-order valence-corrected chi connectivity index (χ4v) is 6.74. The Balaban J connectivity index is 1.56. The number of aliphatic hydroxyl groups is 1. The van der Waals surface area contributed by atoms with Gasteiger partial charge in [-0.3, -0.25) is 9.59 Å². The van der Waals surface area contributed by atoms with Gasteiger partial charge in [0.2, 0.25) is 0 Å². The van der Waals surface area contributed by atoms with E-state index in [9.17, 15) is 14.7 Å². The van der Waals surface area contributed by atoms with Crippen LogP contribution in [0.15, 0.2) is 35.5 Å². The van der Waals surface area contributed by atoms with Gasteiger partial charge in [-0.05, 0) is 62.2 Å². The summed E-state index contributed by atoms with van der Waals surface area (Å²) in [5.74, 6) is 0.708. The number of Topliss-reactive ketones (excluding diaryl/α,β-unsaturated/α-hetero) is 1. The lowest BCUT2D eigenvalue weighted by Crippen LogP contribution is -2.56. The molecule has 1 heterocycles. The molecule has 0 aromatic carbocycles. The molecule has 0 bridgehead atoms. The lowest BCUT2D eigenvalue weighted by molar-refractivity contribution is -0.120. The first-order chi connectivity index (χ1) is 11.9. The van der Waals surface area contributed by atoms with E-state index in [1.54, 1.807) is 6.08 Å². The molecule has 1 N–H and O–H groups in total. The normalized spacial score (nSPS) is 49.4. The lowest BCUT2D eigenvalue weighted by Gasteiger charge is -2.54. The maximum absolute atomic E-state index is 12.3. The molecule has 4 heteroatoms. The third-order valence-electron chi connectivity index (χ3n) is 7.96. The standard InChI is InChI=1S/C21H24O4/c1-19-10-18-21(25-18)15(14(19)5-6-16(19)17(24)11-22)4-3-12-9-13(23)7-8-20(12,21)2/h6-9,14-15,18,22H,3-5,10-11H2,1-2H3/t14-,15-,18?,19-,20-,21?/m0/s1. The molecule has 0 radical (unpaired) electrons. The summed E-state index contributed by atoms with van der Waals surface area (Å²) >= 11 is 0. The highest BCUT2D eigenvalue weighted by Gasteiger charge is 2.78. The van der Waals surface area contributed by atoms with Crippen LogP contribution in [-0.2, 0) is 14.3 Å². The molecule has 0 amide bonds. The van der Waals surface area contributed by atoms with Crippen LogP contribution in [-0.4, -0.2) is 35.0 Å². The van der Waals surface area contributed by atoms with Gasteiger partial charge in [-0.15, -0.1) is 0 Å². The monoisotopic (exact) mass is 340 g/mol. The average molecular weight is 340 g/mol. The molecule has 0 aromatic heterocycles. The number of carbonyl (C=O) groups is 2. The van der Waals surface area contributed by atoms with Crippen LogP contribution < -0.4 is 0 Å². The molecule has 1 spiro atoms. The van der Waals surface area contributed by atoms with Crippen molar-refractivity contribution in [1.29, 1.82) is 0 Å². The zero-order valence-electron chi connectivity index (χ0n) is 14.7. The molecule has 4 aliphatic carbocycles. The number of ether oxygens (including phenoxy) is 1. The Hall–Kier alpha value is -1.52. The van der Waals surface area contributed by atoms with Gasteiger partial charge >= 0.3 is 0 Å². The quantitative estimate of drug-likeness (QED) is 0.785. The van der Waals surface area contributed by atoms with Crippen molar-refractivity contribution in [2.45, 2.75) is 51.2 Å². The van der Waals surface area contributed by atoms with E-state index in [1.807, 2.05) is 6.08 Å². The minimum absolute atomic E-state index is 0.0820. The summed E-state index contributed by atoms with van der Waals surface area (Å²) < 4.78 is 6.44. The lowest BCUT2D eigenvalue weighted by atomic mass is 9.47. The highest BCUT2D eigenvalue weighted by molar-refractivity contribution is 6.01. The van der Waals surface area contributed by atoms with Gasteiger partial charge < -0.3 is 9.84 Å². The van der Waals surface area contributed by atoms with Crippen molar-refractivity contribution in [3.63, 3.8) is 0 Å². The SMILES string of the molecule is C[C@]12C=CC(=O)C=C1CC[C@H]1[C@@H]3CC=C(C(=O)CO)[C@@]3(C)CC3OC312. The van der Waals surface area contributed by atoms with Gasteiger partial charge in [0.15, 0.2) is 11.6 Å². The van der Waals surface area contributed by atoms with E-state index >= 15 is 0 Å². The molecule has 6 atom stereocenters. The van der Waals surface area contributed by atoms with Crippen LogP contribution in [0.5, 0.6) is 0 Å². The third-order valence-corrected chi connectivity index (χ3v) is 7.96. The van der Waals surface area contributed by atoms with Gasteiger partial charge in [0.1, 0.15) is 12.2 Å². The molecule has 2 unspecified atom stereocenters. The molecule has 3 fully saturated rings. The van der Waals surface area contributed by atoms with Gasteiger partial charge in [0, 0.05) is 10.8 Å². The molecular weight excluding hydrogens is 316 g/mol. The van der Waals surface area contributed by atoms with Gasteiger partial charge in [-0.2, -0.15) is 0 Å². The molecule has 5 rings (SSSR count). The van der Waals surface area contributed by atoms with E-state index in [4.69, 9.17) is 4.74 Å². The Labute approximate surface area is 147 Å². The Bertz CT molecular complexity index is 790. The first-order valence-electron chi connectivity index (χ1n) is 9.33. The molecule has 25 heavy (non-hydrogen) atoms. The number of epoxide rings is 1. The highest BCUT2D eigenvalue weighted by atomic mass is 16.6. The van der Waals surface area contributed by atoms with E-state index < -0.39 is 6.61 Å². The van der Waals surface area contributed by atoms with Gasteiger partial charge in [-0.1, -0.05) is 24.6 Å². The Morgan fingerprint density at radius 2 is 2.16 bits per heavy atom. The Morgan fingerprint density at radius 3 is 2.92 bits per heavy atom. The molecular formula is C21H24O4. The van der Waals surface area contributed by atoms with Gasteiger partial charge in [0.05, 0.1) is 6.10 Å². The van der Waals surface area contributed by atoms with Crippen molar-refractivity contribution >= 4 is 11.6 Å². The molecule has 5 aliphatic rings. The molecule has 2 saturated carbocycles. The van der Waals surface area contributed by atoms with Crippen molar-refractivity contribution in [3.8, 4) is 0 Å². The molecule has 4 nitrogen and oxygen atoms in total. The summed E-state index contributed by atoms with van der Waals surface area (Å²) in [4.78, 5) is 24.1. The van der Waals surface area contributed by atoms with E-state index in [-0.39, 0.29) is 34.1 Å². The zero-order chi connectivity index (χ0) is 17.6. The minimum Gasteiger partial charge on any atom is -0.388 e. The summed E-state index contributed by atoms with van der Waals surface area (Å²) in [5.41, 5.74) is 1.40. The second kappa shape index (κ2) is 4.60. The highest BCUT2D eigenvalue weighted by Crippen LogP contribution is 2.74. The van der Waals surface area contributed by atoms with Crippen LogP contribution in [0.4, 0.5) is 0 Å². The van der Waals surface area contributed by atoms with Crippen molar-refractivity contribution in [2.75, 3.05) is 6.61 Å². The van der Waals surface area contributed by atoms with E-state index in [1.165, 1.54) is 5.57 Å². The van der Waals surface area contributed by atoms with E-state index in [0.717, 1.165) is 31.3 Å². The van der Waals surface area contributed by atoms with Crippen LogP contribution in [0.1, 0.15) is 39.5 Å². The van der Waals surface area contributed by atoms with Crippen LogP contribution in [0.2, 0.25) is 0 Å². The molecule has 1 aliphatic heterocycles. The summed E-state index contributed by atoms with van der Waals surface area (Å²) in [7, 11) is 0. The van der Waals surface area contributed by atoms with Crippen LogP contribution >= 0.6 is 0 Å². The Morgan fingerprint density at radius 1 is 1.36 bits per heavy atom. The Kier molecular flexibility index (Phi) is 2.89. The fraction of sp³-hybridized carbons (Fsp3) is 0.619. The summed E-state index contributed by atoms with van der Waals surface area (Å²) in [6.07, 6.45) is 11.4. The topological polar surface area (TPSA) is 66.9 Å². The van der Waals surface area contributed by atoms with Crippen molar-refractivity contribution in [3.05, 3.63) is 35.5 Å². The number of carbonyl (C=O) groups excluding carboxylic acids is 2. The van der Waals surface area contributed by atoms with E-state index in [0.29, 0.717) is 11.8 Å². The number of hydrogen-bond acceptors (Lipinski definition) is 4. The van der Waals surface area contributed by atoms with E-state index in [2.05, 4.69) is 26.0 Å².